The molecule has 0 aliphatic carbocycles. The molecule has 2 aromatic rings. The van der Waals surface area contributed by atoms with Crippen molar-refractivity contribution in [3.63, 3.8) is 0 Å². The van der Waals surface area contributed by atoms with Crippen LogP contribution in [0.3, 0.4) is 0 Å². The van der Waals surface area contributed by atoms with Gasteiger partial charge in [0.2, 0.25) is 5.91 Å². The van der Waals surface area contributed by atoms with E-state index in [4.69, 9.17) is 0 Å². The molecule has 2 aromatic carbocycles. The van der Waals surface area contributed by atoms with Gasteiger partial charge in [0.15, 0.2) is 0 Å². The average molecular weight is 285 g/mol. The zero-order valence-corrected chi connectivity index (χ0v) is 12.6. The SMILES string of the molecule is CCC(C(=O)Nc1ccccc1SC)c1ccccc1. The van der Waals surface area contributed by atoms with Gasteiger partial charge in [-0.25, -0.2) is 0 Å². The number of rotatable bonds is 5. The van der Waals surface area contributed by atoms with Crippen LogP contribution in [0.2, 0.25) is 0 Å². The van der Waals surface area contributed by atoms with E-state index in [0.717, 1.165) is 22.6 Å². The van der Waals surface area contributed by atoms with Crippen LogP contribution < -0.4 is 5.32 Å². The predicted octanol–water partition coefficient (Wildman–Crippen LogP) is 4.54. The maximum atomic E-state index is 12.5. The summed E-state index contributed by atoms with van der Waals surface area (Å²) < 4.78 is 0. The van der Waals surface area contributed by atoms with Gasteiger partial charge in [0.05, 0.1) is 11.6 Å². The minimum atomic E-state index is -0.105. The molecule has 0 saturated carbocycles. The van der Waals surface area contributed by atoms with Crippen LogP contribution in [0.15, 0.2) is 59.5 Å². The highest BCUT2D eigenvalue weighted by molar-refractivity contribution is 7.98. The molecule has 104 valence electrons. The van der Waals surface area contributed by atoms with Gasteiger partial charge in [-0.1, -0.05) is 49.4 Å². The quantitative estimate of drug-likeness (QED) is 0.817. The first-order valence-corrected chi connectivity index (χ1v) is 7.97. The van der Waals surface area contributed by atoms with Crippen molar-refractivity contribution in [1.29, 1.82) is 0 Å². The van der Waals surface area contributed by atoms with Crippen LogP contribution in [0.25, 0.3) is 0 Å². The molecule has 1 atom stereocenters. The Morgan fingerprint density at radius 1 is 1.10 bits per heavy atom. The third kappa shape index (κ3) is 3.42. The highest BCUT2D eigenvalue weighted by Crippen LogP contribution is 2.27. The summed E-state index contributed by atoms with van der Waals surface area (Å²) in [4.78, 5) is 13.6. The summed E-state index contributed by atoms with van der Waals surface area (Å²) in [5, 5.41) is 3.05. The lowest BCUT2D eigenvalue weighted by molar-refractivity contribution is -0.117. The van der Waals surface area contributed by atoms with Gasteiger partial charge in [-0.05, 0) is 30.4 Å². The number of thioether (sulfide) groups is 1. The topological polar surface area (TPSA) is 29.1 Å². The van der Waals surface area contributed by atoms with Crippen LogP contribution in [0, 0.1) is 0 Å². The van der Waals surface area contributed by atoms with Gasteiger partial charge in [-0.15, -0.1) is 11.8 Å². The molecule has 0 spiro atoms. The lowest BCUT2D eigenvalue weighted by Crippen LogP contribution is -2.21. The molecule has 2 rings (SSSR count). The Bertz CT molecular complexity index is 568. The summed E-state index contributed by atoms with van der Waals surface area (Å²) in [7, 11) is 0. The molecule has 1 amide bonds. The number of nitrogens with one attached hydrogen (secondary N) is 1. The summed E-state index contributed by atoms with van der Waals surface area (Å²) in [6.07, 6.45) is 2.80. The van der Waals surface area contributed by atoms with Gasteiger partial charge in [0.25, 0.3) is 0 Å². The van der Waals surface area contributed by atoms with E-state index in [1.807, 2.05) is 67.8 Å². The van der Waals surface area contributed by atoms with Crippen molar-refractivity contribution in [2.75, 3.05) is 11.6 Å². The third-order valence-corrected chi connectivity index (χ3v) is 4.09. The Morgan fingerprint density at radius 3 is 2.40 bits per heavy atom. The Kier molecular flexibility index (Phi) is 5.24. The van der Waals surface area contributed by atoms with Crippen LogP contribution in [0.5, 0.6) is 0 Å². The molecule has 1 N–H and O–H groups in total. The van der Waals surface area contributed by atoms with Crippen molar-refractivity contribution in [2.45, 2.75) is 24.2 Å². The van der Waals surface area contributed by atoms with Gasteiger partial charge >= 0.3 is 0 Å². The van der Waals surface area contributed by atoms with E-state index in [-0.39, 0.29) is 11.8 Å². The number of carbonyl (C=O) groups is 1. The van der Waals surface area contributed by atoms with Gasteiger partial charge in [-0.2, -0.15) is 0 Å². The van der Waals surface area contributed by atoms with E-state index in [9.17, 15) is 4.79 Å². The van der Waals surface area contributed by atoms with Crippen LogP contribution in [0.1, 0.15) is 24.8 Å². The molecule has 0 saturated heterocycles. The fourth-order valence-corrected chi connectivity index (χ4v) is 2.78. The van der Waals surface area contributed by atoms with Gasteiger partial charge in [0.1, 0.15) is 0 Å². The molecule has 0 radical (unpaired) electrons. The summed E-state index contributed by atoms with van der Waals surface area (Å²) >= 11 is 1.64. The number of carbonyl (C=O) groups excluding carboxylic acids is 1. The molecule has 1 unspecified atom stereocenters. The third-order valence-electron chi connectivity index (χ3n) is 3.29. The van der Waals surface area contributed by atoms with Crippen molar-refractivity contribution < 1.29 is 4.79 Å². The summed E-state index contributed by atoms with van der Waals surface area (Å²) in [6, 6.07) is 17.8. The van der Waals surface area contributed by atoms with E-state index < -0.39 is 0 Å². The second-order valence-corrected chi connectivity index (χ2v) is 5.41. The summed E-state index contributed by atoms with van der Waals surface area (Å²) in [5.41, 5.74) is 1.95. The molecule has 0 bridgehead atoms. The fraction of sp³-hybridized carbons (Fsp3) is 0.235. The lowest BCUT2D eigenvalue weighted by atomic mass is 9.95. The van der Waals surface area contributed by atoms with E-state index in [1.165, 1.54) is 0 Å². The molecule has 20 heavy (non-hydrogen) atoms. The molecular formula is C17H19NOS. The monoisotopic (exact) mass is 285 g/mol. The van der Waals surface area contributed by atoms with Crippen molar-refractivity contribution >= 4 is 23.4 Å². The summed E-state index contributed by atoms with van der Waals surface area (Å²) in [6.45, 7) is 2.04. The lowest BCUT2D eigenvalue weighted by Gasteiger charge is -2.16. The van der Waals surface area contributed by atoms with Crippen LogP contribution in [0.4, 0.5) is 5.69 Å². The molecular weight excluding hydrogens is 266 g/mol. The summed E-state index contributed by atoms with van der Waals surface area (Å²) in [5.74, 6) is -0.0497. The maximum absolute atomic E-state index is 12.5. The van der Waals surface area contributed by atoms with E-state index in [1.54, 1.807) is 11.8 Å². The number of hydrogen-bond donors (Lipinski definition) is 1. The first-order chi connectivity index (χ1) is 9.76. The number of hydrogen-bond acceptors (Lipinski definition) is 2. The zero-order valence-electron chi connectivity index (χ0n) is 11.8. The average Bonchev–Trinajstić information content (AvgIpc) is 2.49. The Balaban J connectivity index is 2.18. The highest BCUT2D eigenvalue weighted by Gasteiger charge is 2.19. The maximum Gasteiger partial charge on any atom is 0.231 e. The Labute approximate surface area is 124 Å². The van der Waals surface area contributed by atoms with Crippen molar-refractivity contribution in [3.8, 4) is 0 Å². The largest absolute Gasteiger partial charge is 0.325 e. The van der Waals surface area contributed by atoms with Crippen molar-refractivity contribution in [3.05, 3.63) is 60.2 Å². The number of amides is 1. The molecule has 0 fully saturated rings. The van der Waals surface area contributed by atoms with Gasteiger partial charge < -0.3 is 5.32 Å². The zero-order chi connectivity index (χ0) is 14.4. The standard InChI is InChI=1S/C17H19NOS/c1-3-14(13-9-5-4-6-10-13)17(19)18-15-11-7-8-12-16(15)20-2/h4-12,14H,3H2,1-2H3,(H,18,19). The van der Waals surface area contributed by atoms with E-state index in [2.05, 4.69) is 5.32 Å². The van der Waals surface area contributed by atoms with Crippen LogP contribution in [-0.4, -0.2) is 12.2 Å². The molecule has 3 heteroatoms. The highest BCUT2D eigenvalue weighted by atomic mass is 32.2. The molecule has 2 nitrogen and oxygen atoms in total. The number of anilines is 1. The predicted molar refractivity (Wildman–Crippen MR) is 86.3 cm³/mol. The molecule has 0 aliphatic rings. The molecule has 0 aromatic heterocycles. The Hall–Kier alpha value is -1.74. The minimum absolute atomic E-state index is 0.0557. The van der Waals surface area contributed by atoms with Crippen LogP contribution in [-0.2, 0) is 4.79 Å². The minimum Gasteiger partial charge on any atom is -0.325 e. The van der Waals surface area contributed by atoms with Crippen LogP contribution >= 0.6 is 11.8 Å². The smallest absolute Gasteiger partial charge is 0.231 e. The first kappa shape index (κ1) is 14.7. The van der Waals surface area contributed by atoms with E-state index >= 15 is 0 Å². The number of para-hydroxylation sites is 1. The second kappa shape index (κ2) is 7.15. The first-order valence-electron chi connectivity index (χ1n) is 6.75. The molecule has 0 aliphatic heterocycles. The fourth-order valence-electron chi connectivity index (χ4n) is 2.23. The van der Waals surface area contributed by atoms with Gasteiger partial charge in [-0.3, -0.25) is 4.79 Å². The normalized spacial score (nSPS) is 11.9. The van der Waals surface area contributed by atoms with Gasteiger partial charge in [0, 0.05) is 4.90 Å². The molecule has 0 heterocycles. The van der Waals surface area contributed by atoms with Crippen molar-refractivity contribution in [2.24, 2.45) is 0 Å². The number of benzene rings is 2. The second-order valence-electron chi connectivity index (χ2n) is 4.56. The van der Waals surface area contributed by atoms with Crippen molar-refractivity contribution in [1.82, 2.24) is 0 Å². The van der Waals surface area contributed by atoms with E-state index in [0.29, 0.717) is 0 Å². The Morgan fingerprint density at radius 2 is 1.75 bits per heavy atom.